The van der Waals surface area contributed by atoms with Crippen molar-refractivity contribution in [3.63, 3.8) is 0 Å². The van der Waals surface area contributed by atoms with E-state index in [2.05, 4.69) is 10.5 Å². The van der Waals surface area contributed by atoms with Crippen LogP contribution in [0.5, 0.6) is 5.75 Å². The zero-order chi connectivity index (χ0) is 20.0. The SMILES string of the molecule is Cc1noc(C)c1COc1ccc(CC(=O)N[C@@H]2C[C@H]3C[C@H]2[C@@H]2CCC[C@H]32)cc1. The largest absolute Gasteiger partial charge is 0.489 e. The van der Waals surface area contributed by atoms with Crippen LogP contribution >= 0.6 is 0 Å². The molecule has 0 saturated heterocycles. The molecule has 3 aliphatic rings. The molecule has 1 aromatic heterocycles. The first-order valence-corrected chi connectivity index (χ1v) is 11.0. The number of hydrogen-bond donors (Lipinski definition) is 1. The van der Waals surface area contributed by atoms with Gasteiger partial charge in [0.1, 0.15) is 18.1 Å². The lowest BCUT2D eigenvalue weighted by molar-refractivity contribution is -0.121. The Morgan fingerprint density at radius 2 is 1.93 bits per heavy atom. The molecule has 29 heavy (non-hydrogen) atoms. The van der Waals surface area contributed by atoms with Crippen molar-refractivity contribution in [1.82, 2.24) is 10.5 Å². The fourth-order valence-corrected chi connectivity index (χ4v) is 6.24. The molecule has 3 aliphatic carbocycles. The number of benzene rings is 1. The molecule has 154 valence electrons. The van der Waals surface area contributed by atoms with E-state index in [4.69, 9.17) is 9.26 Å². The summed E-state index contributed by atoms with van der Waals surface area (Å²) in [5.41, 5.74) is 2.87. The van der Waals surface area contributed by atoms with Crippen LogP contribution in [-0.2, 0) is 17.8 Å². The molecule has 5 nitrogen and oxygen atoms in total. The Kier molecular flexibility index (Phi) is 4.84. The summed E-state index contributed by atoms with van der Waals surface area (Å²) in [5, 5.41) is 7.30. The van der Waals surface area contributed by atoms with Crippen LogP contribution in [0.4, 0.5) is 0 Å². The molecule has 0 unspecified atom stereocenters. The van der Waals surface area contributed by atoms with Gasteiger partial charge in [-0.05, 0) is 80.9 Å². The average molecular weight is 395 g/mol. The first-order valence-electron chi connectivity index (χ1n) is 11.0. The highest BCUT2D eigenvalue weighted by Crippen LogP contribution is 2.58. The molecule has 5 heteroatoms. The summed E-state index contributed by atoms with van der Waals surface area (Å²) in [6, 6.07) is 8.24. The zero-order valence-corrected chi connectivity index (χ0v) is 17.3. The van der Waals surface area contributed by atoms with Crippen LogP contribution in [0.2, 0.25) is 0 Å². The molecule has 3 fully saturated rings. The molecule has 1 aromatic carbocycles. The van der Waals surface area contributed by atoms with E-state index in [0.717, 1.165) is 52.0 Å². The zero-order valence-electron chi connectivity index (χ0n) is 17.3. The Bertz CT molecular complexity index is 869. The van der Waals surface area contributed by atoms with Crippen LogP contribution in [0, 0.1) is 37.5 Å². The van der Waals surface area contributed by atoms with Crippen molar-refractivity contribution >= 4 is 5.91 Å². The van der Waals surface area contributed by atoms with E-state index in [0.29, 0.717) is 19.1 Å². The number of rotatable bonds is 6. The van der Waals surface area contributed by atoms with Crippen molar-refractivity contribution in [3.8, 4) is 5.75 Å². The van der Waals surface area contributed by atoms with Crippen molar-refractivity contribution < 1.29 is 14.1 Å². The van der Waals surface area contributed by atoms with Gasteiger partial charge in [0.15, 0.2) is 0 Å². The van der Waals surface area contributed by atoms with Crippen molar-refractivity contribution in [1.29, 1.82) is 0 Å². The normalized spacial score (nSPS) is 29.8. The standard InChI is InChI=1S/C24H30N2O3/c1-14-22(15(2)29-26-14)13-28-18-8-6-16(7-9-18)10-24(27)25-23-12-17-11-21(23)20-5-3-4-19(17)20/h6-9,17,19-21,23H,3-5,10-13H2,1-2H3,(H,25,27)/t17-,19-,20-,21+,23-/m1/s1. The van der Waals surface area contributed by atoms with Gasteiger partial charge in [0.05, 0.1) is 17.7 Å². The maximum atomic E-state index is 12.6. The molecule has 1 amide bonds. The molecule has 0 aliphatic heterocycles. The predicted molar refractivity (Wildman–Crippen MR) is 109 cm³/mol. The summed E-state index contributed by atoms with van der Waals surface area (Å²) in [4.78, 5) is 12.6. The smallest absolute Gasteiger partial charge is 0.224 e. The first kappa shape index (κ1) is 18.7. The summed E-state index contributed by atoms with van der Waals surface area (Å²) >= 11 is 0. The Balaban J connectivity index is 1.13. The highest BCUT2D eigenvalue weighted by Gasteiger charge is 2.53. The highest BCUT2D eigenvalue weighted by atomic mass is 16.5. The second-order valence-corrected chi connectivity index (χ2v) is 9.24. The summed E-state index contributed by atoms with van der Waals surface area (Å²) in [6.45, 7) is 4.25. The van der Waals surface area contributed by atoms with E-state index >= 15 is 0 Å². The number of hydrogen-bond acceptors (Lipinski definition) is 4. The van der Waals surface area contributed by atoms with Crippen LogP contribution in [0.25, 0.3) is 0 Å². The molecule has 2 bridgehead atoms. The lowest BCUT2D eigenvalue weighted by atomic mass is 9.79. The molecule has 0 radical (unpaired) electrons. The van der Waals surface area contributed by atoms with Crippen LogP contribution < -0.4 is 10.1 Å². The highest BCUT2D eigenvalue weighted by molar-refractivity contribution is 5.79. The minimum atomic E-state index is 0.154. The Morgan fingerprint density at radius 1 is 1.14 bits per heavy atom. The summed E-state index contributed by atoms with van der Waals surface area (Å²) in [7, 11) is 0. The van der Waals surface area contributed by atoms with Crippen LogP contribution in [-0.4, -0.2) is 17.1 Å². The van der Waals surface area contributed by atoms with E-state index < -0.39 is 0 Å². The van der Waals surface area contributed by atoms with E-state index in [-0.39, 0.29) is 5.91 Å². The van der Waals surface area contributed by atoms with E-state index in [1.54, 1.807) is 0 Å². The molecule has 5 rings (SSSR count). The first-order chi connectivity index (χ1) is 14.1. The summed E-state index contributed by atoms with van der Waals surface area (Å²) in [6.07, 6.45) is 7.19. The number of fused-ring (bicyclic) bond motifs is 5. The van der Waals surface area contributed by atoms with Crippen molar-refractivity contribution in [2.24, 2.45) is 23.7 Å². The molecule has 1 N–H and O–H groups in total. The minimum absolute atomic E-state index is 0.154. The lowest BCUT2D eigenvalue weighted by Crippen LogP contribution is -2.43. The quantitative estimate of drug-likeness (QED) is 0.791. The minimum Gasteiger partial charge on any atom is -0.489 e. The monoisotopic (exact) mass is 394 g/mol. The molecule has 0 spiro atoms. The molecule has 3 saturated carbocycles. The molecular formula is C24H30N2O3. The number of carbonyl (C=O) groups is 1. The number of ether oxygens (including phenoxy) is 1. The van der Waals surface area contributed by atoms with Crippen molar-refractivity contribution in [2.75, 3.05) is 0 Å². The van der Waals surface area contributed by atoms with Crippen LogP contribution in [0.15, 0.2) is 28.8 Å². The molecule has 5 atom stereocenters. The average Bonchev–Trinajstić information content (AvgIpc) is 3.45. The predicted octanol–water partition coefficient (Wildman–Crippen LogP) is 4.35. The maximum absolute atomic E-state index is 12.6. The van der Waals surface area contributed by atoms with Gasteiger partial charge in [-0.1, -0.05) is 23.7 Å². The van der Waals surface area contributed by atoms with Gasteiger partial charge in [-0.3, -0.25) is 4.79 Å². The van der Waals surface area contributed by atoms with Gasteiger partial charge >= 0.3 is 0 Å². The number of amides is 1. The molecule has 2 aromatic rings. The van der Waals surface area contributed by atoms with Gasteiger partial charge in [0.25, 0.3) is 0 Å². The lowest BCUT2D eigenvalue weighted by Gasteiger charge is -2.32. The third kappa shape index (κ3) is 3.56. The number of nitrogens with one attached hydrogen (secondary N) is 1. The third-order valence-electron chi connectivity index (χ3n) is 7.63. The van der Waals surface area contributed by atoms with Gasteiger partial charge in [-0.25, -0.2) is 0 Å². The van der Waals surface area contributed by atoms with Crippen molar-refractivity contribution in [2.45, 2.75) is 65.0 Å². The number of aromatic nitrogens is 1. The Morgan fingerprint density at radius 3 is 2.69 bits per heavy atom. The van der Waals surface area contributed by atoms with Gasteiger partial charge in [-0.2, -0.15) is 0 Å². The van der Waals surface area contributed by atoms with E-state index in [1.807, 2.05) is 38.1 Å². The third-order valence-corrected chi connectivity index (χ3v) is 7.63. The summed E-state index contributed by atoms with van der Waals surface area (Å²) < 4.78 is 11.0. The Labute approximate surface area is 172 Å². The second-order valence-electron chi connectivity index (χ2n) is 9.24. The van der Waals surface area contributed by atoms with Crippen LogP contribution in [0.3, 0.4) is 0 Å². The Hall–Kier alpha value is -2.30. The number of nitrogens with zero attached hydrogens (tertiary/aromatic N) is 1. The fourth-order valence-electron chi connectivity index (χ4n) is 6.24. The summed E-state index contributed by atoms with van der Waals surface area (Å²) in [5.74, 6) is 5.18. The van der Waals surface area contributed by atoms with E-state index in [1.165, 1.54) is 32.1 Å². The van der Waals surface area contributed by atoms with E-state index in [9.17, 15) is 4.79 Å². The van der Waals surface area contributed by atoms with Gasteiger partial charge in [-0.15, -0.1) is 0 Å². The van der Waals surface area contributed by atoms with Crippen LogP contribution in [0.1, 0.15) is 54.7 Å². The number of aryl methyl sites for hydroxylation is 2. The molecule has 1 heterocycles. The van der Waals surface area contributed by atoms with Gasteiger partial charge < -0.3 is 14.6 Å². The molecular weight excluding hydrogens is 364 g/mol. The van der Waals surface area contributed by atoms with Gasteiger partial charge in [0, 0.05) is 6.04 Å². The number of carbonyl (C=O) groups excluding carboxylic acids is 1. The fraction of sp³-hybridized carbons (Fsp3) is 0.583. The second kappa shape index (κ2) is 7.51. The van der Waals surface area contributed by atoms with Crippen molar-refractivity contribution in [3.05, 3.63) is 46.8 Å². The topological polar surface area (TPSA) is 64.4 Å². The maximum Gasteiger partial charge on any atom is 0.224 e. The van der Waals surface area contributed by atoms with Gasteiger partial charge in [0.2, 0.25) is 5.91 Å².